The van der Waals surface area contributed by atoms with E-state index in [1.165, 1.54) is 48.6 Å². The molecule has 0 unspecified atom stereocenters. The zero-order valence-corrected chi connectivity index (χ0v) is 30.6. The molecule has 4 heteroatoms. The van der Waals surface area contributed by atoms with Crippen LogP contribution in [0.4, 0.5) is 0 Å². The van der Waals surface area contributed by atoms with E-state index in [0.29, 0.717) is 17.5 Å². The number of aromatic nitrogens is 3. The molecule has 0 bridgehead atoms. The molecule has 0 spiro atoms. The molecule has 250 valence electrons. The Bertz CT molecular complexity index is 2860. The highest BCUT2D eigenvalue weighted by Crippen LogP contribution is 2.36. The van der Waals surface area contributed by atoms with E-state index in [1.54, 1.807) is 0 Å². The van der Waals surface area contributed by atoms with Crippen molar-refractivity contribution in [2.24, 2.45) is 0 Å². The first kappa shape index (κ1) is 31.3. The van der Waals surface area contributed by atoms with Gasteiger partial charge in [-0.05, 0) is 83.5 Å². The molecule has 10 rings (SSSR count). The van der Waals surface area contributed by atoms with Gasteiger partial charge in [-0.15, -0.1) is 0 Å². The maximum absolute atomic E-state index is 5.29. The summed E-state index contributed by atoms with van der Waals surface area (Å²) in [6, 6.07) is 63.0. The van der Waals surface area contributed by atoms with Crippen LogP contribution in [0.1, 0.15) is 0 Å². The van der Waals surface area contributed by atoms with E-state index in [-0.39, 0.29) is 0 Å². The molecule has 9 aromatic rings. The van der Waals surface area contributed by atoms with Gasteiger partial charge in [0.2, 0.25) is 0 Å². The highest BCUT2D eigenvalue weighted by molar-refractivity contribution is 7.04. The largest absolute Gasteiger partial charge is 0.208 e. The maximum Gasteiger partial charge on any atom is 0.164 e. The Morgan fingerprint density at radius 3 is 1.60 bits per heavy atom. The van der Waals surface area contributed by atoms with Crippen LogP contribution >= 0.6 is 0 Å². The van der Waals surface area contributed by atoms with E-state index in [9.17, 15) is 0 Å². The molecule has 0 N–H and O–H groups in total. The zero-order valence-electron chi connectivity index (χ0n) is 29.6. The summed E-state index contributed by atoms with van der Waals surface area (Å²) in [4.78, 5) is 15.7. The summed E-state index contributed by atoms with van der Waals surface area (Å²) in [5.41, 5.74) is 10.3. The molecule has 0 amide bonds. The number of nitrogens with zero attached hydrogens (tertiary/aromatic N) is 3. The molecule has 1 aromatic heterocycles. The SMILES string of the molecule is C[Si]1(C)c2cc3ccccc3cc2-c2cccc(-c3nc(-c4ccc(-c5ccc6ccccc6c5)cc4)nc(-c4cccc(-c5ccccc5)c4)n3)c21. The number of hydrogen-bond acceptors (Lipinski definition) is 3. The Morgan fingerprint density at radius 2 is 0.830 bits per heavy atom. The van der Waals surface area contributed by atoms with Crippen LogP contribution in [0.25, 0.3) is 89.1 Å². The van der Waals surface area contributed by atoms with Gasteiger partial charge in [0.15, 0.2) is 17.5 Å². The third-order valence-corrected chi connectivity index (χ3v) is 14.4. The van der Waals surface area contributed by atoms with Crippen molar-refractivity contribution in [1.82, 2.24) is 15.0 Å². The number of benzene rings is 8. The summed E-state index contributed by atoms with van der Waals surface area (Å²) >= 11 is 0. The number of rotatable bonds is 5. The van der Waals surface area contributed by atoms with Crippen molar-refractivity contribution in [3.05, 3.63) is 176 Å². The van der Waals surface area contributed by atoms with Crippen LogP contribution < -0.4 is 10.4 Å². The first-order valence-corrected chi connectivity index (χ1v) is 21.2. The third-order valence-electron chi connectivity index (χ3n) is 10.9. The van der Waals surface area contributed by atoms with Crippen LogP contribution in [-0.4, -0.2) is 23.0 Å². The van der Waals surface area contributed by atoms with Gasteiger partial charge < -0.3 is 0 Å². The highest BCUT2D eigenvalue weighted by atomic mass is 28.3. The molecule has 0 saturated heterocycles. The van der Waals surface area contributed by atoms with Gasteiger partial charge in [0.25, 0.3) is 0 Å². The lowest BCUT2D eigenvalue weighted by Crippen LogP contribution is -2.50. The summed E-state index contributed by atoms with van der Waals surface area (Å²) in [7, 11) is -2.14. The van der Waals surface area contributed by atoms with Crippen LogP contribution in [-0.2, 0) is 0 Å². The second-order valence-electron chi connectivity index (χ2n) is 14.5. The van der Waals surface area contributed by atoms with Gasteiger partial charge in [0.05, 0.1) is 0 Å². The molecule has 2 heterocycles. The quantitative estimate of drug-likeness (QED) is 0.168. The van der Waals surface area contributed by atoms with Crippen molar-refractivity contribution in [3.8, 4) is 67.5 Å². The Hall–Kier alpha value is -6.49. The summed E-state index contributed by atoms with van der Waals surface area (Å²) in [5.74, 6) is 2.04. The van der Waals surface area contributed by atoms with Crippen molar-refractivity contribution in [3.63, 3.8) is 0 Å². The smallest absolute Gasteiger partial charge is 0.164 e. The molecule has 0 fully saturated rings. The Kier molecular flexibility index (Phi) is 7.27. The van der Waals surface area contributed by atoms with Crippen molar-refractivity contribution in [2.45, 2.75) is 13.1 Å². The van der Waals surface area contributed by atoms with E-state index in [1.807, 2.05) is 6.07 Å². The van der Waals surface area contributed by atoms with E-state index in [4.69, 9.17) is 15.0 Å². The second-order valence-corrected chi connectivity index (χ2v) is 18.8. The van der Waals surface area contributed by atoms with E-state index in [2.05, 4.69) is 183 Å². The zero-order chi connectivity index (χ0) is 35.5. The molecule has 0 radical (unpaired) electrons. The third kappa shape index (κ3) is 5.38. The lowest BCUT2D eigenvalue weighted by atomic mass is 9.99. The Morgan fingerprint density at radius 1 is 0.321 bits per heavy atom. The molecular weight excluding hydrogens is 659 g/mol. The Labute approximate surface area is 310 Å². The molecule has 53 heavy (non-hydrogen) atoms. The monoisotopic (exact) mass is 693 g/mol. The van der Waals surface area contributed by atoms with Gasteiger partial charge in [-0.2, -0.15) is 0 Å². The number of fused-ring (bicyclic) bond motifs is 5. The molecule has 8 aromatic carbocycles. The molecule has 1 aliphatic rings. The minimum atomic E-state index is -2.14. The molecule has 0 saturated carbocycles. The van der Waals surface area contributed by atoms with Gasteiger partial charge in [-0.3, -0.25) is 0 Å². The van der Waals surface area contributed by atoms with Crippen LogP contribution in [0.2, 0.25) is 13.1 Å². The normalized spacial score (nSPS) is 12.9. The van der Waals surface area contributed by atoms with Crippen molar-refractivity contribution in [1.29, 1.82) is 0 Å². The van der Waals surface area contributed by atoms with E-state index >= 15 is 0 Å². The summed E-state index contributed by atoms with van der Waals surface area (Å²) in [5, 5.41) is 7.88. The fourth-order valence-corrected chi connectivity index (χ4v) is 11.6. The van der Waals surface area contributed by atoms with Crippen LogP contribution in [0.3, 0.4) is 0 Å². The topological polar surface area (TPSA) is 38.7 Å². The average molecular weight is 694 g/mol. The Balaban J connectivity index is 1.13. The minimum Gasteiger partial charge on any atom is -0.208 e. The molecule has 0 aliphatic carbocycles. The number of hydrogen-bond donors (Lipinski definition) is 0. The summed E-state index contributed by atoms with van der Waals surface area (Å²) in [6.07, 6.45) is 0. The van der Waals surface area contributed by atoms with Crippen molar-refractivity contribution in [2.75, 3.05) is 0 Å². The average Bonchev–Trinajstić information content (AvgIpc) is 3.45. The van der Waals surface area contributed by atoms with Gasteiger partial charge in [0, 0.05) is 16.7 Å². The lowest BCUT2D eigenvalue weighted by Gasteiger charge is -2.22. The van der Waals surface area contributed by atoms with Gasteiger partial charge >= 0.3 is 0 Å². The molecule has 0 atom stereocenters. The molecular formula is C49H35N3Si. The minimum absolute atomic E-state index is 0.665. The van der Waals surface area contributed by atoms with Gasteiger partial charge in [-0.25, -0.2) is 15.0 Å². The fourth-order valence-electron chi connectivity index (χ4n) is 8.16. The van der Waals surface area contributed by atoms with E-state index in [0.717, 1.165) is 33.4 Å². The van der Waals surface area contributed by atoms with Crippen molar-refractivity contribution < 1.29 is 0 Å². The summed E-state index contributed by atoms with van der Waals surface area (Å²) in [6.45, 7) is 4.93. The second kappa shape index (κ2) is 12.3. The van der Waals surface area contributed by atoms with E-state index < -0.39 is 8.07 Å². The summed E-state index contributed by atoms with van der Waals surface area (Å²) < 4.78 is 0. The predicted molar refractivity (Wildman–Crippen MR) is 224 cm³/mol. The van der Waals surface area contributed by atoms with Crippen LogP contribution in [0.15, 0.2) is 176 Å². The van der Waals surface area contributed by atoms with Crippen LogP contribution in [0.5, 0.6) is 0 Å². The standard InChI is InChI=1S/C49H35N3Si/c1-53(2)45-31-39-17-9-8-16-38(39)30-44(45)42-20-11-21-43(46(42)53)49-51-47(50-48(52-49)41-19-10-18-37(29-41)32-12-4-3-5-13-32)35-25-22-34(23-26-35)40-27-24-33-14-6-7-15-36(33)28-40/h3-31H,1-2H3. The van der Waals surface area contributed by atoms with Crippen LogP contribution in [0, 0.1) is 0 Å². The highest BCUT2D eigenvalue weighted by Gasteiger charge is 2.40. The first-order chi connectivity index (χ1) is 26.0. The van der Waals surface area contributed by atoms with Crippen molar-refractivity contribution >= 4 is 40.0 Å². The maximum atomic E-state index is 5.29. The predicted octanol–water partition coefficient (Wildman–Crippen LogP) is 11.3. The fraction of sp³-hybridized carbons (Fsp3) is 0.0408. The molecule has 1 aliphatic heterocycles. The first-order valence-electron chi connectivity index (χ1n) is 18.2. The van der Waals surface area contributed by atoms with Gasteiger partial charge in [0.1, 0.15) is 8.07 Å². The lowest BCUT2D eigenvalue weighted by molar-refractivity contribution is 1.08. The molecule has 3 nitrogen and oxygen atoms in total. The van der Waals surface area contributed by atoms with Gasteiger partial charge in [-0.1, -0.05) is 171 Å².